The van der Waals surface area contributed by atoms with Gasteiger partial charge in [-0.1, -0.05) is 42.5 Å². The second-order valence-electron chi connectivity index (χ2n) is 5.69. The summed E-state index contributed by atoms with van der Waals surface area (Å²) >= 11 is 0. The van der Waals surface area contributed by atoms with Gasteiger partial charge in [0.15, 0.2) is 0 Å². The minimum absolute atomic E-state index is 0.169. The SMILES string of the molecule is CN(C(=O)C1(c2ccccc2)CC1)c1cccc(CN)c1. The van der Waals surface area contributed by atoms with Crippen molar-refractivity contribution in [1.29, 1.82) is 0 Å². The molecule has 0 saturated heterocycles. The molecule has 3 heteroatoms. The predicted octanol–water partition coefficient (Wildman–Crippen LogP) is 2.84. The number of hydrogen-bond donors (Lipinski definition) is 1. The zero-order valence-corrected chi connectivity index (χ0v) is 12.3. The molecule has 3 rings (SSSR count). The highest BCUT2D eigenvalue weighted by atomic mass is 16.2. The van der Waals surface area contributed by atoms with Gasteiger partial charge in [0, 0.05) is 19.3 Å². The van der Waals surface area contributed by atoms with Crippen LogP contribution < -0.4 is 10.6 Å². The van der Waals surface area contributed by atoms with Gasteiger partial charge in [0.1, 0.15) is 0 Å². The van der Waals surface area contributed by atoms with E-state index in [0.717, 1.165) is 29.7 Å². The molecule has 2 aromatic rings. The van der Waals surface area contributed by atoms with Crippen molar-refractivity contribution in [3.05, 3.63) is 65.7 Å². The Kier molecular flexibility index (Phi) is 3.52. The molecular formula is C18H20N2O. The van der Waals surface area contributed by atoms with Gasteiger partial charge in [-0.3, -0.25) is 4.79 Å². The van der Waals surface area contributed by atoms with Crippen LogP contribution in [-0.2, 0) is 16.8 Å². The number of anilines is 1. The van der Waals surface area contributed by atoms with E-state index in [0.29, 0.717) is 6.54 Å². The fraction of sp³-hybridized carbons (Fsp3) is 0.278. The van der Waals surface area contributed by atoms with Crippen LogP contribution in [0.3, 0.4) is 0 Å². The Balaban J connectivity index is 1.88. The van der Waals surface area contributed by atoms with Crippen molar-refractivity contribution in [1.82, 2.24) is 0 Å². The Hall–Kier alpha value is -2.13. The highest BCUT2D eigenvalue weighted by molar-refractivity contribution is 6.02. The highest BCUT2D eigenvalue weighted by Gasteiger charge is 2.52. The van der Waals surface area contributed by atoms with E-state index in [9.17, 15) is 4.79 Å². The number of hydrogen-bond acceptors (Lipinski definition) is 2. The predicted molar refractivity (Wildman–Crippen MR) is 85.1 cm³/mol. The summed E-state index contributed by atoms with van der Waals surface area (Å²) in [5.74, 6) is 0.169. The molecule has 2 aromatic carbocycles. The first kappa shape index (κ1) is 13.8. The van der Waals surface area contributed by atoms with E-state index < -0.39 is 0 Å². The molecule has 1 fully saturated rings. The van der Waals surface area contributed by atoms with Crippen molar-refractivity contribution < 1.29 is 4.79 Å². The summed E-state index contributed by atoms with van der Waals surface area (Å²) in [5.41, 5.74) is 8.42. The Morgan fingerprint density at radius 1 is 1.14 bits per heavy atom. The number of likely N-dealkylation sites (N-methyl/N-ethyl adjacent to an activating group) is 1. The monoisotopic (exact) mass is 280 g/mol. The maximum absolute atomic E-state index is 12.9. The molecule has 2 N–H and O–H groups in total. The van der Waals surface area contributed by atoms with Crippen molar-refractivity contribution in [3.8, 4) is 0 Å². The van der Waals surface area contributed by atoms with Crippen molar-refractivity contribution in [2.75, 3.05) is 11.9 Å². The molecule has 21 heavy (non-hydrogen) atoms. The molecule has 0 unspecified atom stereocenters. The van der Waals surface area contributed by atoms with Crippen molar-refractivity contribution in [2.45, 2.75) is 24.8 Å². The number of amides is 1. The normalized spacial score (nSPS) is 15.5. The maximum atomic E-state index is 12.9. The van der Waals surface area contributed by atoms with E-state index in [-0.39, 0.29) is 11.3 Å². The van der Waals surface area contributed by atoms with Gasteiger partial charge in [-0.15, -0.1) is 0 Å². The van der Waals surface area contributed by atoms with Crippen LogP contribution in [0.15, 0.2) is 54.6 Å². The van der Waals surface area contributed by atoms with E-state index >= 15 is 0 Å². The topological polar surface area (TPSA) is 46.3 Å². The third-order valence-electron chi connectivity index (χ3n) is 4.32. The average Bonchev–Trinajstić information content (AvgIpc) is 3.36. The van der Waals surface area contributed by atoms with Crippen molar-refractivity contribution >= 4 is 11.6 Å². The van der Waals surface area contributed by atoms with E-state index in [1.807, 2.05) is 49.5 Å². The molecule has 0 aromatic heterocycles. The molecule has 0 radical (unpaired) electrons. The van der Waals surface area contributed by atoms with Crippen LogP contribution in [0.25, 0.3) is 0 Å². The zero-order valence-electron chi connectivity index (χ0n) is 12.3. The lowest BCUT2D eigenvalue weighted by molar-refractivity contribution is -0.120. The molecule has 0 atom stereocenters. The fourth-order valence-corrected chi connectivity index (χ4v) is 2.84. The molecule has 0 heterocycles. The number of rotatable bonds is 4. The summed E-state index contributed by atoms with van der Waals surface area (Å²) in [4.78, 5) is 14.7. The van der Waals surface area contributed by atoms with Crippen LogP contribution in [0.5, 0.6) is 0 Å². The lowest BCUT2D eigenvalue weighted by Gasteiger charge is -2.24. The van der Waals surface area contributed by atoms with Crippen LogP contribution in [0.2, 0.25) is 0 Å². The first-order chi connectivity index (χ1) is 10.2. The molecule has 108 valence electrons. The van der Waals surface area contributed by atoms with E-state index in [2.05, 4.69) is 12.1 Å². The van der Waals surface area contributed by atoms with Gasteiger partial charge in [-0.25, -0.2) is 0 Å². The zero-order chi connectivity index (χ0) is 14.9. The first-order valence-electron chi connectivity index (χ1n) is 7.30. The smallest absolute Gasteiger partial charge is 0.237 e. The van der Waals surface area contributed by atoms with Crippen LogP contribution in [0, 0.1) is 0 Å². The number of benzene rings is 2. The third-order valence-corrected chi connectivity index (χ3v) is 4.32. The molecule has 0 bridgehead atoms. The Morgan fingerprint density at radius 3 is 2.48 bits per heavy atom. The minimum atomic E-state index is -0.325. The van der Waals surface area contributed by atoms with E-state index in [1.165, 1.54) is 0 Å². The molecule has 1 aliphatic rings. The maximum Gasteiger partial charge on any atom is 0.237 e. The largest absolute Gasteiger partial charge is 0.326 e. The standard InChI is InChI=1S/C18H20N2O/c1-20(16-9-5-6-14(12-16)13-19)17(21)18(10-11-18)15-7-3-2-4-8-15/h2-9,12H,10-11,13,19H2,1H3. The number of carbonyl (C=O) groups excluding carboxylic acids is 1. The van der Waals surface area contributed by atoms with E-state index in [1.54, 1.807) is 4.90 Å². The lowest BCUT2D eigenvalue weighted by atomic mass is 9.94. The summed E-state index contributed by atoms with van der Waals surface area (Å²) in [6, 6.07) is 17.9. The number of carbonyl (C=O) groups is 1. The number of nitrogens with two attached hydrogens (primary N) is 1. The van der Waals surface area contributed by atoms with Gasteiger partial charge in [-0.05, 0) is 36.1 Å². The van der Waals surface area contributed by atoms with Crippen molar-refractivity contribution in [2.24, 2.45) is 5.73 Å². The molecular weight excluding hydrogens is 260 g/mol. The summed E-state index contributed by atoms with van der Waals surface area (Å²) in [6.07, 6.45) is 1.85. The lowest BCUT2D eigenvalue weighted by Crippen LogP contribution is -2.36. The summed E-state index contributed by atoms with van der Waals surface area (Å²) in [5, 5.41) is 0. The summed E-state index contributed by atoms with van der Waals surface area (Å²) in [6.45, 7) is 0.486. The Morgan fingerprint density at radius 2 is 1.86 bits per heavy atom. The van der Waals surface area contributed by atoms with Gasteiger partial charge < -0.3 is 10.6 Å². The van der Waals surface area contributed by atoms with Crippen LogP contribution in [-0.4, -0.2) is 13.0 Å². The molecule has 0 aliphatic heterocycles. The average molecular weight is 280 g/mol. The van der Waals surface area contributed by atoms with Gasteiger partial charge in [0.05, 0.1) is 5.41 Å². The molecule has 0 spiro atoms. The van der Waals surface area contributed by atoms with Crippen LogP contribution >= 0.6 is 0 Å². The van der Waals surface area contributed by atoms with Crippen molar-refractivity contribution in [3.63, 3.8) is 0 Å². The van der Waals surface area contributed by atoms with Gasteiger partial charge in [-0.2, -0.15) is 0 Å². The van der Waals surface area contributed by atoms with Gasteiger partial charge in [0.25, 0.3) is 0 Å². The van der Waals surface area contributed by atoms with E-state index in [4.69, 9.17) is 5.73 Å². The second-order valence-corrected chi connectivity index (χ2v) is 5.69. The third kappa shape index (κ3) is 2.45. The minimum Gasteiger partial charge on any atom is -0.326 e. The second kappa shape index (κ2) is 5.34. The fourth-order valence-electron chi connectivity index (χ4n) is 2.84. The molecule has 1 aliphatic carbocycles. The van der Waals surface area contributed by atoms with Crippen LogP contribution in [0.1, 0.15) is 24.0 Å². The first-order valence-corrected chi connectivity index (χ1v) is 7.30. The van der Waals surface area contributed by atoms with Crippen LogP contribution in [0.4, 0.5) is 5.69 Å². The van der Waals surface area contributed by atoms with Gasteiger partial charge in [0.2, 0.25) is 5.91 Å². The molecule has 3 nitrogen and oxygen atoms in total. The Bertz CT molecular complexity index is 647. The summed E-state index contributed by atoms with van der Waals surface area (Å²) in [7, 11) is 1.85. The number of nitrogens with zero attached hydrogens (tertiary/aromatic N) is 1. The molecule has 1 amide bonds. The van der Waals surface area contributed by atoms with Gasteiger partial charge >= 0.3 is 0 Å². The quantitative estimate of drug-likeness (QED) is 0.936. The summed E-state index contributed by atoms with van der Waals surface area (Å²) < 4.78 is 0. The Labute approximate surface area is 125 Å². The highest BCUT2D eigenvalue weighted by Crippen LogP contribution is 2.49. The molecule has 1 saturated carbocycles.